The highest BCUT2D eigenvalue weighted by Gasteiger charge is 2.04. The largest absolute Gasteiger partial charge is 0.499 e. The molecule has 3 nitrogen and oxygen atoms in total. The Morgan fingerprint density at radius 3 is 2.91 bits per heavy atom. The summed E-state index contributed by atoms with van der Waals surface area (Å²) < 4.78 is 0. The van der Waals surface area contributed by atoms with Crippen LogP contribution in [0.5, 0.6) is 5.06 Å². The van der Waals surface area contributed by atoms with Gasteiger partial charge in [-0.3, -0.25) is 4.79 Å². The van der Waals surface area contributed by atoms with Gasteiger partial charge in [-0.25, -0.2) is 4.98 Å². The van der Waals surface area contributed by atoms with Gasteiger partial charge in [0.2, 0.25) is 0 Å². The third-order valence-electron chi connectivity index (χ3n) is 1.03. The van der Waals surface area contributed by atoms with Crippen molar-refractivity contribution in [1.29, 1.82) is 0 Å². The fourth-order valence-electron chi connectivity index (χ4n) is 0.585. The van der Waals surface area contributed by atoms with E-state index >= 15 is 0 Å². The molecule has 1 aromatic heterocycles. The lowest BCUT2D eigenvalue weighted by Crippen LogP contribution is -2.05. The SMILES string of the molecule is CC(S)c1nc(=O)cc(O)s1. The van der Waals surface area contributed by atoms with Crippen LogP contribution in [0.15, 0.2) is 10.9 Å². The molecule has 1 heterocycles. The zero-order chi connectivity index (χ0) is 8.43. The van der Waals surface area contributed by atoms with Gasteiger partial charge in [0.1, 0.15) is 5.01 Å². The molecule has 0 fully saturated rings. The average molecular weight is 189 g/mol. The Bertz CT molecular complexity index is 308. The summed E-state index contributed by atoms with van der Waals surface area (Å²) in [6.45, 7) is 1.79. The van der Waals surface area contributed by atoms with Crippen LogP contribution in [0.4, 0.5) is 0 Å². The lowest BCUT2D eigenvalue weighted by molar-refractivity contribution is 0.489. The monoisotopic (exact) mass is 189 g/mol. The third kappa shape index (κ3) is 2.20. The molecule has 1 atom stereocenters. The second-order valence-electron chi connectivity index (χ2n) is 2.05. The van der Waals surface area contributed by atoms with Crippen molar-refractivity contribution < 1.29 is 5.11 Å². The molecule has 0 spiro atoms. The summed E-state index contributed by atoms with van der Waals surface area (Å²) in [5.74, 6) is 0. The van der Waals surface area contributed by atoms with Gasteiger partial charge in [-0.1, -0.05) is 11.3 Å². The molecular weight excluding hydrogens is 182 g/mol. The van der Waals surface area contributed by atoms with Crippen molar-refractivity contribution in [2.75, 3.05) is 0 Å². The minimum Gasteiger partial charge on any atom is -0.499 e. The molecule has 1 unspecified atom stereocenters. The molecule has 0 bridgehead atoms. The topological polar surface area (TPSA) is 50.2 Å². The van der Waals surface area contributed by atoms with Crippen LogP contribution in [0.1, 0.15) is 17.2 Å². The van der Waals surface area contributed by atoms with Crippen LogP contribution in [-0.4, -0.2) is 10.1 Å². The summed E-state index contributed by atoms with van der Waals surface area (Å²) in [6.07, 6.45) is 0. The Labute approximate surface area is 73.1 Å². The summed E-state index contributed by atoms with van der Waals surface area (Å²) in [4.78, 5) is 14.4. The molecule has 0 amide bonds. The van der Waals surface area contributed by atoms with Crippen LogP contribution < -0.4 is 5.56 Å². The highest BCUT2D eigenvalue weighted by Crippen LogP contribution is 2.24. The highest BCUT2D eigenvalue weighted by molar-refractivity contribution is 7.80. The first kappa shape index (κ1) is 8.55. The smallest absolute Gasteiger partial charge is 0.275 e. The number of rotatable bonds is 1. The van der Waals surface area contributed by atoms with E-state index in [9.17, 15) is 4.79 Å². The van der Waals surface area contributed by atoms with Gasteiger partial charge in [-0.2, -0.15) is 12.6 Å². The van der Waals surface area contributed by atoms with Crippen LogP contribution in [0.2, 0.25) is 0 Å². The molecule has 1 rings (SSSR count). The quantitative estimate of drug-likeness (QED) is 0.653. The summed E-state index contributed by atoms with van der Waals surface area (Å²) >= 11 is 5.15. The lowest BCUT2D eigenvalue weighted by Gasteiger charge is -1.99. The van der Waals surface area contributed by atoms with E-state index in [0.717, 1.165) is 17.4 Å². The fraction of sp³-hybridized carbons (Fsp3) is 0.333. The van der Waals surface area contributed by atoms with Crippen LogP contribution >= 0.6 is 24.0 Å². The molecule has 1 aromatic rings. The second kappa shape index (κ2) is 3.23. The van der Waals surface area contributed by atoms with E-state index in [1.807, 2.05) is 0 Å². The van der Waals surface area contributed by atoms with E-state index in [1.165, 1.54) is 0 Å². The third-order valence-corrected chi connectivity index (χ3v) is 2.43. The Hall–Kier alpha value is -0.550. The number of aromatic nitrogens is 1. The zero-order valence-corrected chi connectivity index (χ0v) is 7.52. The fourth-order valence-corrected chi connectivity index (χ4v) is 1.48. The van der Waals surface area contributed by atoms with Gasteiger partial charge in [0.15, 0.2) is 5.06 Å². The van der Waals surface area contributed by atoms with Crippen molar-refractivity contribution in [3.05, 3.63) is 21.4 Å². The Morgan fingerprint density at radius 2 is 2.45 bits per heavy atom. The first-order chi connectivity index (χ1) is 5.09. The predicted octanol–water partition coefficient (Wildman–Crippen LogP) is 1.20. The van der Waals surface area contributed by atoms with Crippen molar-refractivity contribution >= 4 is 24.0 Å². The average Bonchev–Trinajstić information content (AvgIpc) is 1.85. The van der Waals surface area contributed by atoms with Crippen molar-refractivity contribution in [3.8, 4) is 5.06 Å². The molecule has 5 heteroatoms. The van der Waals surface area contributed by atoms with Gasteiger partial charge < -0.3 is 5.11 Å². The number of nitrogens with zero attached hydrogens (tertiary/aromatic N) is 1. The molecular formula is C6H7NO2S2. The molecule has 0 aliphatic rings. The first-order valence-corrected chi connectivity index (χ1v) is 4.32. The van der Waals surface area contributed by atoms with Crippen LogP contribution in [-0.2, 0) is 0 Å². The molecule has 0 aliphatic carbocycles. The van der Waals surface area contributed by atoms with Gasteiger partial charge >= 0.3 is 0 Å². The van der Waals surface area contributed by atoms with E-state index in [1.54, 1.807) is 6.92 Å². The van der Waals surface area contributed by atoms with Gasteiger partial charge in [0.05, 0.1) is 11.3 Å². The second-order valence-corrected chi connectivity index (χ2v) is 3.86. The van der Waals surface area contributed by atoms with Crippen LogP contribution in [0.25, 0.3) is 0 Å². The summed E-state index contributed by atoms with van der Waals surface area (Å²) in [5, 5.41) is 9.40. The van der Waals surface area contributed by atoms with Gasteiger partial charge in [0, 0.05) is 0 Å². The summed E-state index contributed by atoms with van der Waals surface area (Å²) in [6, 6.07) is 1.09. The molecule has 1 N–H and O–H groups in total. The molecule has 0 aliphatic heterocycles. The van der Waals surface area contributed by atoms with Gasteiger partial charge in [0.25, 0.3) is 5.56 Å². The summed E-state index contributed by atoms with van der Waals surface area (Å²) in [5.41, 5.74) is -0.419. The molecule has 0 saturated heterocycles. The Morgan fingerprint density at radius 1 is 1.82 bits per heavy atom. The molecule has 0 aromatic carbocycles. The highest BCUT2D eigenvalue weighted by atomic mass is 32.1. The minimum absolute atomic E-state index is 0.0131. The maximum absolute atomic E-state index is 10.7. The van der Waals surface area contributed by atoms with Crippen LogP contribution in [0, 0.1) is 0 Å². The van der Waals surface area contributed by atoms with Crippen molar-refractivity contribution in [2.24, 2.45) is 0 Å². The van der Waals surface area contributed by atoms with E-state index in [-0.39, 0.29) is 10.3 Å². The predicted molar refractivity (Wildman–Crippen MR) is 47.4 cm³/mol. The van der Waals surface area contributed by atoms with E-state index in [0.29, 0.717) is 5.01 Å². The zero-order valence-electron chi connectivity index (χ0n) is 5.81. The molecule has 60 valence electrons. The van der Waals surface area contributed by atoms with E-state index in [4.69, 9.17) is 5.11 Å². The molecule has 0 radical (unpaired) electrons. The molecule has 0 saturated carbocycles. The normalized spacial score (nSPS) is 12.9. The van der Waals surface area contributed by atoms with Gasteiger partial charge in [-0.15, -0.1) is 0 Å². The molecule has 11 heavy (non-hydrogen) atoms. The lowest BCUT2D eigenvalue weighted by atomic mass is 10.5. The Balaban J connectivity index is 3.19. The number of thiol groups is 1. The van der Waals surface area contributed by atoms with Gasteiger partial charge in [-0.05, 0) is 6.92 Å². The number of hydrogen-bond acceptors (Lipinski definition) is 5. The number of hydrogen-bond donors (Lipinski definition) is 2. The summed E-state index contributed by atoms with van der Waals surface area (Å²) in [7, 11) is 0. The standard InChI is InChI=1S/C6H7NO2S2/c1-3(10)6-7-4(8)2-5(9)11-6/h2-3,9-10H,1H3. The van der Waals surface area contributed by atoms with E-state index < -0.39 is 5.56 Å². The van der Waals surface area contributed by atoms with Crippen LogP contribution in [0.3, 0.4) is 0 Å². The first-order valence-electron chi connectivity index (χ1n) is 2.98. The van der Waals surface area contributed by atoms with Crippen molar-refractivity contribution in [2.45, 2.75) is 12.2 Å². The maximum Gasteiger partial charge on any atom is 0.275 e. The van der Waals surface area contributed by atoms with Crippen molar-refractivity contribution in [1.82, 2.24) is 4.98 Å². The Kier molecular flexibility index (Phi) is 2.51. The number of aromatic hydroxyl groups is 1. The van der Waals surface area contributed by atoms with Crippen molar-refractivity contribution in [3.63, 3.8) is 0 Å². The minimum atomic E-state index is -0.419. The van der Waals surface area contributed by atoms with E-state index in [2.05, 4.69) is 17.6 Å². The maximum atomic E-state index is 10.7.